The first-order chi connectivity index (χ1) is 10.1. The number of hydrogen-bond acceptors (Lipinski definition) is 6. The van der Waals surface area contributed by atoms with Gasteiger partial charge in [0.05, 0.1) is 10.5 Å². The first-order valence-electron chi connectivity index (χ1n) is 6.40. The number of aromatic nitrogens is 1. The number of nitrogens with zero attached hydrogens (tertiary/aromatic N) is 2. The fourth-order valence-electron chi connectivity index (χ4n) is 1.83. The third-order valence-corrected chi connectivity index (χ3v) is 3.87. The van der Waals surface area contributed by atoms with Gasteiger partial charge in [-0.15, -0.1) is 0 Å². The molecule has 1 aliphatic rings. The highest BCUT2D eigenvalue weighted by molar-refractivity contribution is 7.18. The van der Waals surface area contributed by atoms with E-state index in [0.29, 0.717) is 11.6 Å². The highest BCUT2D eigenvalue weighted by atomic mass is 32.1. The number of carbonyl (C=O) groups is 1. The lowest BCUT2D eigenvalue weighted by molar-refractivity contribution is -0.380. The lowest BCUT2D eigenvalue weighted by Crippen LogP contribution is -2.15. The van der Waals surface area contributed by atoms with Crippen LogP contribution in [-0.4, -0.2) is 21.9 Å². The van der Waals surface area contributed by atoms with Crippen molar-refractivity contribution in [3.8, 4) is 0 Å². The van der Waals surface area contributed by atoms with Crippen molar-refractivity contribution in [1.29, 1.82) is 0 Å². The maximum Gasteiger partial charge on any atom is 0.345 e. The molecule has 8 heteroatoms. The second-order valence-corrected chi connectivity index (χ2v) is 5.69. The summed E-state index contributed by atoms with van der Waals surface area (Å²) < 4.78 is 0. The van der Waals surface area contributed by atoms with Crippen LogP contribution >= 0.6 is 11.3 Å². The summed E-state index contributed by atoms with van der Waals surface area (Å²) in [6.07, 6.45) is 3.35. The maximum atomic E-state index is 12.3. The summed E-state index contributed by atoms with van der Waals surface area (Å²) in [6, 6.07) is 7.62. The summed E-state index contributed by atoms with van der Waals surface area (Å²) in [6.45, 7) is 0. The Morgan fingerprint density at radius 2 is 2.14 bits per heavy atom. The highest BCUT2D eigenvalue weighted by Crippen LogP contribution is 2.28. The average molecular weight is 304 g/mol. The van der Waals surface area contributed by atoms with Crippen LogP contribution in [0.3, 0.4) is 0 Å². The molecule has 2 aromatic rings. The van der Waals surface area contributed by atoms with Crippen LogP contribution in [0.5, 0.6) is 0 Å². The molecule has 0 atom stereocenters. The molecule has 0 bridgehead atoms. The molecular weight excluding hydrogens is 292 g/mol. The van der Waals surface area contributed by atoms with Crippen LogP contribution in [0.25, 0.3) is 0 Å². The molecule has 1 aliphatic carbocycles. The monoisotopic (exact) mass is 304 g/mol. The number of rotatable bonds is 5. The minimum Gasteiger partial charge on any atom is -0.382 e. The molecule has 1 aromatic heterocycles. The van der Waals surface area contributed by atoms with Gasteiger partial charge in [0, 0.05) is 11.7 Å². The maximum absolute atomic E-state index is 12.3. The van der Waals surface area contributed by atoms with Crippen LogP contribution in [0.4, 0.5) is 15.8 Å². The van der Waals surface area contributed by atoms with Crippen molar-refractivity contribution in [2.75, 3.05) is 10.6 Å². The van der Waals surface area contributed by atoms with Gasteiger partial charge in [0.25, 0.3) is 5.91 Å². The van der Waals surface area contributed by atoms with E-state index < -0.39 is 4.92 Å². The van der Waals surface area contributed by atoms with E-state index >= 15 is 0 Å². The fourth-order valence-corrected chi connectivity index (χ4v) is 2.45. The highest BCUT2D eigenvalue weighted by Gasteiger charge is 2.23. The Morgan fingerprint density at radius 3 is 2.81 bits per heavy atom. The summed E-state index contributed by atoms with van der Waals surface area (Å²) in [5.74, 6) is -0.331. The van der Waals surface area contributed by atoms with Gasteiger partial charge >= 0.3 is 5.00 Å². The molecule has 7 nitrogen and oxygen atoms in total. The molecular formula is C13H12N4O3S. The molecule has 3 rings (SSSR count). The van der Waals surface area contributed by atoms with Crippen molar-refractivity contribution < 1.29 is 9.72 Å². The van der Waals surface area contributed by atoms with Gasteiger partial charge in [0.2, 0.25) is 0 Å². The second-order valence-electron chi connectivity index (χ2n) is 4.68. The van der Waals surface area contributed by atoms with Crippen molar-refractivity contribution in [2.24, 2.45) is 0 Å². The quantitative estimate of drug-likeness (QED) is 0.654. The average Bonchev–Trinajstić information content (AvgIpc) is 3.15. The fraction of sp³-hybridized carbons (Fsp3) is 0.231. The van der Waals surface area contributed by atoms with E-state index in [1.54, 1.807) is 12.1 Å². The molecule has 21 heavy (non-hydrogen) atoms. The zero-order chi connectivity index (χ0) is 14.8. The predicted octanol–water partition coefficient (Wildman–Crippen LogP) is 2.88. The van der Waals surface area contributed by atoms with Gasteiger partial charge in [-0.25, -0.2) is 4.98 Å². The van der Waals surface area contributed by atoms with Gasteiger partial charge in [-0.2, -0.15) is 0 Å². The molecule has 1 aromatic carbocycles. The molecule has 2 N–H and O–H groups in total. The minimum atomic E-state index is -0.532. The number of nitro groups is 1. The predicted molar refractivity (Wildman–Crippen MR) is 79.8 cm³/mol. The van der Waals surface area contributed by atoms with Gasteiger partial charge in [-0.3, -0.25) is 20.2 Å². The van der Waals surface area contributed by atoms with Gasteiger partial charge in [0.15, 0.2) is 5.13 Å². The number of nitrogens with one attached hydrogen (secondary N) is 2. The third-order valence-electron chi connectivity index (χ3n) is 3.00. The molecule has 1 fully saturated rings. The first kappa shape index (κ1) is 13.5. The molecule has 0 saturated heterocycles. The number of carbonyl (C=O) groups excluding carboxylic acids is 1. The standard InChI is InChI=1S/C13H12N4O3S/c18-12(16-13-14-7-11(21-13)17(19)20)9-3-1-2-4-10(9)15-8-5-6-8/h1-4,7-8,15H,5-6H2,(H,14,16,18). The van der Waals surface area contributed by atoms with E-state index in [0.717, 1.165) is 36.1 Å². The van der Waals surface area contributed by atoms with E-state index in [1.807, 2.05) is 12.1 Å². The zero-order valence-electron chi connectivity index (χ0n) is 10.9. The van der Waals surface area contributed by atoms with Crippen molar-refractivity contribution >= 4 is 33.1 Å². The SMILES string of the molecule is O=C(Nc1ncc([N+](=O)[O-])s1)c1ccccc1NC1CC1. The molecule has 1 amide bonds. The lowest BCUT2D eigenvalue weighted by Gasteiger charge is -2.10. The largest absolute Gasteiger partial charge is 0.382 e. The smallest absolute Gasteiger partial charge is 0.345 e. The van der Waals surface area contributed by atoms with Crippen LogP contribution in [0.1, 0.15) is 23.2 Å². The summed E-state index contributed by atoms with van der Waals surface area (Å²) in [4.78, 5) is 26.2. The number of amides is 1. The Bertz CT molecular complexity index is 696. The van der Waals surface area contributed by atoms with Crippen molar-refractivity contribution in [3.63, 3.8) is 0 Å². The van der Waals surface area contributed by atoms with Crippen LogP contribution < -0.4 is 10.6 Å². The summed E-state index contributed by atoms with van der Waals surface area (Å²) in [7, 11) is 0. The topological polar surface area (TPSA) is 97.2 Å². The van der Waals surface area contributed by atoms with Gasteiger partial charge < -0.3 is 5.32 Å². The Labute approximate surface area is 124 Å². The van der Waals surface area contributed by atoms with Gasteiger partial charge in [-0.1, -0.05) is 12.1 Å². The molecule has 0 spiro atoms. The number of anilines is 2. The van der Waals surface area contributed by atoms with Crippen molar-refractivity contribution in [2.45, 2.75) is 18.9 Å². The number of para-hydroxylation sites is 1. The Kier molecular flexibility index (Phi) is 3.53. The van der Waals surface area contributed by atoms with E-state index in [1.165, 1.54) is 0 Å². The number of hydrogen-bond donors (Lipinski definition) is 2. The lowest BCUT2D eigenvalue weighted by atomic mass is 10.1. The van der Waals surface area contributed by atoms with Gasteiger partial charge in [0.1, 0.15) is 6.20 Å². The van der Waals surface area contributed by atoms with E-state index in [-0.39, 0.29) is 16.0 Å². The van der Waals surface area contributed by atoms with Crippen molar-refractivity contribution in [3.05, 3.63) is 46.1 Å². The van der Waals surface area contributed by atoms with Crippen LogP contribution in [-0.2, 0) is 0 Å². The van der Waals surface area contributed by atoms with Crippen LogP contribution in [0.15, 0.2) is 30.5 Å². The Hall–Kier alpha value is -2.48. The molecule has 0 radical (unpaired) electrons. The second kappa shape index (κ2) is 5.49. The Morgan fingerprint density at radius 1 is 1.38 bits per heavy atom. The number of thiazole rings is 1. The van der Waals surface area contributed by atoms with E-state index in [2.05, 4.69) is 15.6 Å². The first-order valence-corrected chi connectivity index (χ1v) is 7.22. The Balaban J connectivity index is 1.76. The molecule has 0 aliphatic heterocycles. The summed E-state index contributed by atoms with van der Waals surface area (Å²) >= 11 is 0.834. The minimum absolute atomic E-state index is 0.102. The van der Waals surface area contributed by atoms with E-state index in [4.69, 9.17) is 0 Å². The van der Waals surface area contributed by atoms with Crippen LogP contribution in [0.2, 0.25) is 0 Å². The van der Waals surface area contributed by atoms with Crippen molar-refractivity contribution in [1.82, 2.24) is 4.98 Å². The molecule has 1 heterocycles. The van der Waals surface area contributed by atoms with Gasteiger partial charge in [-0.05, 0) is 36.3 Å². The molecule has 1 saturated carbocycles. The molecule has 108 valence electrons. The van der Waals surface area contributed by atoms with E-state index in [9.17, 15) is 14.9 Å². The zero-order valence-corrected chi connectivity index (χ0v) is 11.7. The van der Waals surface area contributed by atoms with Crippen LogP contribution in [0, 0.1) is 10.1 Å². The third kappa shape index (κ3) is 3.16. The normalized spacial score (nSPS) is 13.7. The number of benzene rings is 1. The molecule has 0 unspecified atom stereocenters. The summed E-state index contributed by atoms with van der Waals surface area (Å²) in [5, 5.41) is 16.6. The summed E-state index contributed by atoms with van der Waals surface area (Å²) in [5.41, 5.74) is 1.27.